The van der Waals surface area contributed by atoms with Gasteiger partial charge in [-0.05, 0) is 36.9 Å². The molecule has 1 unspecified atom stereocenters. The molecule has 0 bridgehead atoms. The maximum atomic E-state index is 5.96. The molecular formula is C16H27NO. The van der Waals surface area contributed by atoms with Gasteiger partial charge in [-0.15, -0.1) is 0 Å². The summed E-state index contributed by atoms with van der Waals surface area (Å²) in [6.07, 6.45) is 1.16. The molecule has 0 aliphatic rings. The lowest BCUT2D eigenvalue weighted by atomic mass is 9.86. The number of para-hydroxylation sites is 1. The van der Waals surface area contributed by atoms with E-state index in [0.29, 0.717) is 12.6 Å². The van der Waals surface area contributed by atoms with Crippen LogP contribution < -0.4 is 10.1 Å². The average molecular weight is 249 g/mol. The van der Waals surface area contributed by atoms with E-state index in [1.807, 2.05) is 6.07 Å². The third kappa shape index (κ3) is 4.69. The third-order valence-electron chi connectivity index (χ3n) is 2.93. The zero-order valence-electron chi connectivity index (χ0n) is 12.4. The van der Waals surface area contributed by atoms with Crippen molar-refractivity contribution in [2.24, 2.45) is 0 Å². The van der Waals surface area contributed by atoms with Crippen molar-refractivity contribution in [2.75, 3.05) is 13.2 Å². The zero-order valence-corrected chi connectivity index (χ0v) is 12.4. The van der Waals surface area contributed by atoms with Crippen molar-refractivity contribution in [3.63, 3.8) is 0 Å². The predicted octanol–water partition coefficient (Wildman–Crippen LogP) is 3.75. The van der Waals surface area contributed by atoms with E-state index >= 15 is 0 Å². The largest absolute Gasteiger partial charge is 0.492 e. The highest BCUT2D eigenvalue weighted by atomic mass is 16.5. The van der Waals surface area contributed by atoms with Crippen LogP contribution >= 0.6 is 0 Å². The molecule has 0 saturated carbocycles. The summed E-state index contributed by atoms with van der Waals surface area (Å²) in [6.45, 7) is 12.7. The summed E-state index contributed by atoms with van der Waals surface area (Å²) in [5, 5.41) is 3.44. The van der Waals surface area contributed by atoms with Crippen LogP contribution in [0, 0.1) is 0 Å². The highest BCUT2D eigenvalue weighted by Crippen LogP contribution is 2.30. The third-order valence-corrected chi connectivity index (χ3v) is 2.93. The molecule has 1 aromatic rings. The number of rotatable bonds is 6. The topological polar surface area (TPSA) is 21.3 Å². The monoisotopic (exact) mass is 249 g/mol. The first-order valence-corrected chi connectivity index (χ1v) is 6.91. The quantitative estimate of drug-likeness (QED) is 0.829. The van der Waals surface area contributed by atoms with Crippen LogP contribution in [-0.2, 0) is 5.41 Å². The summed E-state index contributed by atoms with van der Waals surface area (Å²) in [5.41, 5.74) is 1.39. The lowest BCUT2D eigenvalue weighted by Gasteiger charge is -2.23. The van der Waals surface area contributed by atoms with E-state index in [0.717, 1.165) is 18.7 Å². The average Bonchev–Trinajstić information content (AvgIpc) is 2.33. The molecule has 0 aliphatic heterocycles. The second kappa shape index (κ2) is 6.79. The summed E-state index contributed by atoms with van der Waals surface area (Å²) in [5.74, 6) is 1.01. The van der Waals surface area contributed by atoms with E-state index in [9.17, 15) is 0 Å². The molecule has 0 heterocycles. The van der Waals surface area contributed by atoms with Crippen LogP contribution in [0.5, 0.6) is 5.75 Å². The Morgan fingerprint density at radius 2 is 1.89 bits per heavy atom. The Morgan fingerprint density at radius 3 is 2.50 bits per heavy atom. The molecule has 0 aromatic heterocycles. The molecule has 1 N–H and O–H groups in total. The van der Waals surface area contributed by atoms with Crippen LogP contribution in [-0.4, -0.2) is 19.2 Å². The van der Waals surface area contributed by atoms with Crippen molar-refractivity contribution < 1.29 is 4.74 Å². The highest BCUT2D eigenvalue weighted by Gasteiger charge is 2.18. The molecule has 18 heavy (non-hydrogen) atoms. The Hall–Kier alpha value is -1.02. The van der Waals surface area contributed by atoms with Gasteiger partial charge in [0.1, 0.15) is 12.4 Å². The van der Waals surface area contributed by atoms with Crippen molar-refractivity contribution in [1.82, 2.24) is 5.32 Å². The van der Waals surface area contributed by atoms with E-state index < -0.39 is 0 Å². The molecule has 2 heteroatoms. The van der Waals surface area contributed by atoms with Crippen LogP contribution in [0.15, 0.2) is 24.3 Å². The van der Waals surface area contributed by atoms with Gasteiger partial charge in [0.2, 0.25) is 0 Å². The van der Waals surface area contributed by atoms with E-state index in [-0.39, 0.29) is 5.41 Å². The molecule has 1 aromatic carbocycles. The minimum absolute atomic E-state index is 0.122. The van der Waals surface area contributed by atoms with Crippen LogP contribution in [0.2, 0.25) is 0 Å². The van der Waals surface area contributed by atoms with Crippen molar-refractivity contribution in [3.05, 3.63) is 29.8 Å². The second-order valence-corrected chi connectivity index (χ2v) is 5.91. The Morgan fingerprint density at radius 1 is 1.22 bits per heavy atom. The smallest absolute Gasteiger partial charge is 0.123 e. The van der Waals surface area contributed by atoms with Gasteiger partial charge in [-0.3, -0.25) is 0 Å². The summed E-state index contributed by atoms with van der Waals surface area (Å²) >= 11 is 0. The van der Waals surface area contributed by atoms with Crippen molar-refractivity contribution in [1.29, 1.82) is 0 Å². The SMILES string of the molecule is CCCNC(C)COc1ccccc1C(C)(C)C. The van der Waals surface area contributed by atoms with Gasteiger partial charge < -0.3 is 10.1 Å². The lowest BCUT2D eigenvalue weighted by Crippen LogP contribution is -2.32. The van der Waals surface area contributed by atoms with E-state index in [1.165, 1.54) is 5.56 Å². The first-order valence-electron chi connectivity index (χ1n) is 6.91. The summed E-state index contributed by atoms with van der Waals surface area (Å²) in [7, 11) is 0. The standard InChI is InChI=1S/C16H27NO/c1-6-11-17-13(2)12-18-15-10-8-7-9-14(15)16(3,4)5/h7-10,13,17H,6,11-12H2,1-5H3. The molecule has 0 spiro atoms. The Kier molecular flexibility index (Phi) is 5.67. The van der Waals surface area contributed by atoms with Crippen LogP contribution in [0.3, 0.4) is 0 Å². The molecule has 0 amide bonds. The minimum Gasteiger partial charge on any atom is -0.492 e. The number of benzene rings is 1. The molecular weight excluding hydrogens is 222 g/mol. The van der Waals surface area contributed by atoms with E-state index in [2.05, 4.69) is 58.1 Å². The molecule has 0 fully saturated rings. The summed E-state index contributed by atoms with van der Waals surface area (Å²) < 4.78 is 5.96. The Labute approximate surface area is 112 Å². The van der Waals surface area contributed by atoms with Gasteiger partial charge in [0.05, 0.1) is 0 Å². The second-order valence-electron chi connectivity index (χ2n) is 5.91. The van der Waals surface area contributed by atoms with Gasteiger partial charge >= 0.3 is 0 Å². The number of hydrogen-bond acceptors (Lipinski definition) is 2. The lowest BCUT2D eigenvalue weighted by molar-refractivity contribution is 0.267. The van der Waals surface area contributed by atoms with Gasteiger partial charge in [-0.1, -0.05) is 45.9 Å². The molecule has 0 saturated heterocycles. The number of ether oxygens (including phenoxy) is 1. The fraction of sp³-hybridized carbons (Fsp3) is 0.625. The first-order chi connectivity index (χ1) is 8.45. The molecule has 0 aliphatic carbocycles. The number of nitrogens with one attached hydrogen (secondary N) is 1. The summed E-state index contributed by atoms with van der Waals surface area (Å²) in [4.78, 5) is 0. The van der Waals surface area contributed by atoms with Gasteiger partial charge in [-0.25, -0.2) is 0 Å². The van der Waals surface area contributed by atoms with Gasteiger partial charge in [0, 0.05) is 6.04 Å². The molecule has 2 nitrogen and oxygen atoms in total. The van der Waals surface area contributed by atoms with Crippen molar-refractivity contribution in [2.45, 2.75) is 52.5 Å². The normalized spacial score (nSPS) is 13.4. The molecule has 1 rings (SSSR count). The van der Waals surface area contributed by atoms with Gasteiger partial charge in [-0.2, -0.15) is 0 Å². The van der Waals surface area contributed by atoms with Crippen LogP contribution in [0.4, 0.5) is 0 Å². The minimum atomic E-state index is 0.122. The van der Waals surface area contributed by atoms with Gasteiger partial charge in [0.15, 0.2) is 0 Å². The fourth-order valence-corrected chi connectivity index (χ4v) is 1.88. The van der Waals surface area contributed by atoms with Crippen LogP contribution in [0.1, 0.15) is 46.6 Å². The first kappa shape index (κ1) is 15.0. The highest BCUT2D eigenvalue weighted by molar-refractivity contribution is 5.38. The van der Waals surface area contributed by atoms with E-state index in [4.69, 9.17) is 4.74 Å². The predicted molar refractivity (Wildman–Crippen MR) is 78.4 cm³/mol. The molecule has 0 radical (unpaired) electrons. The van der Waals surface area contributed by atoms with Crippen LogP contribution in [0.25, 0.3) is 0 Å². The maximum Gasteiger partial charge on any atom is 0.123 e. The number of hydrogen-bond donors (Lipinski definition) is 1. The molecule has 1 atom stereocenters. The fourth-order valence-electron chi connectivity index (χ4n) is 1.88. The maximum absolute atomic E-state index is 5.96. The van der Waals surface area contributed by atoms with Gasteiger partial charge in [0.25, 0.3) is 0 Å². The summed E-state index contributed by atoms with van der Waals surface area (Å²) in [6, 6.07) is 8.71. The van der Waals surface area contributed by atoms with Crippen molar-refractivity contribution >= 4 is 0 Å². The Balaban J connectivity index is 2.62. The zero-order chi connectivity index (χ0) is 13.6. The Bertz CT molecular complexity index is 354. The van der Waals surface area contributed by atoms with Crippen molar-refractivity contribution in [3.8, 4) is 5.75 Å². The van der Waals surface area contributed by atoms with E-state index in [1.54, 1.807) is 0 Å². The molecule has 102 valence electrons.